The van der Waals surface area contributed by atoms with Crippen molar-refractivity contribution in [2.75, 3.05) is 0 Å². The van der Waals surface area contributed by atoms with Crippen LogP contribution in [0.3, 0.4) is 0 Å². The number of halogens is 1. The second kappa shape index (κ2) is 4.39. The van der Waals surface area contributed by atoms with Gasteiger partial charge in [0.25, 0.3) is 0 Å². The maximum atomic E-state index is 5.46. The Kier molecular flexibility index (Phi) is 3.11. The Morgan fingerprint density at radius 2 is 2.25 bits per heavy atom. The average Bonchev–Trinajstić information content (AvgIpc) is 2.81. The van der Waals surface area contributed by atoms with Crippen molar-refractivity contribution in [3.8, 4) is 0 Å². The first kappa shape index (κ1) is 11.3. The molecule has 0 spiro atoms. The number of aromatic nitrogens is 3. The third kappa shape index (κ3) is 2.03. The number of hydrogen-bond donors (Lipinski definition) is 1. The summed E-state index contributed by atoms with van der Waals surface area (Å²) in [6.07, 6.45) is 0. The largest absolute Gasteiger partial charge is 0.359 e. The zero-order valence-electron chi connectivity index (χ0n) is 9.20. The van der Waals surface area contributed by atoms with Gasteiger partial charge < -0.3 is 10.3 Å². The lowest BCUT2D eigenvalue weighted by Crippen LogP contribution is -2.03. The number of nitrogens with two attached hydrogens (primary N) is 1. The molecule has 2 aromatic heterocycles. The zero-order chi connectivity index (χ0) is 11.7. The molecule has 2 rings (SSSR count). The Balaban J connectivity index is 2.23. The topological polar surface area (TPSA) is 69.9 Å². The number of rotatable bonds is 3. The number of hydrogen-bond acceptors (Lipinski definition) is 4. The molecular formula is C10H13BrN4O. The summed E-state index contributed by atoms with van der Waals surface area (Å²) in [5.74, 6) is 0.763. The van der Waals surface area contributed by atoms with Crippen molar-refractivity contribution >= 4 is 15.9 Å². The van der Waals surface area contributed by atoms with Crippen LogP contribution in [-0.4, -0.2) is 14.9 Å². The Morgan fingerprint density at radius 1 is 1.50 bits per heavy atom. The van der Waals surface area contributed by atoms with Gasteiger partial charge >= 0.3 is 0 Å². The van der Waals surface area contributed by atoms with Crippen LogP contribution in [0.15, 0.2) is 15.1 Å². The van der Waals surface area contributed by atoms with Gasteiger partial charge in [-0.15, -0.1) is 0 Å². The van der Waals surface area contributed by atoms with Crippen LogP contribution in [0.2, 0.25) is 0 Å². The highest BCUT2D eigenvalue weighted by molar-refractivity contribution is 9.10. The first-order valence-electron chi connectivity index (χ1n) is 4.96. The van der Waals surface area contributed by atoms with E-state index in [4.69, 9.17) is 10.3 Å². The van der Waals surface area contributed by atoms with Crippen LogP contribution in [-0.2, 0) is 13.1 Å². The van der Waals surface area contributed by atoms with Crippen molar-refractivity contribution < 1.29 is 4.52 Å². The summed E-state index contributed by atoms with van der Waals surface area (Å²) in [5.41, 5.74) is 8.26. The molecule has 0 unspecified atom stereocenters. The number of nitrogens with zero attached hydrogens (tertiary/aromatic N) is 3. The second-order valence-corrected chi connectivity index (χ2v) is 4.42. The van der Waals surface area contributed by atoms with Crippen molar-refractivity contribution in [2.45, 2.75) is 26.9 Å². The van der Waals surface area contributed by atoms with Crippen molar-refractivity contribution in [3.63, 3.8) is 0 Å². The molecule has 2 heterocycles. The van der Waals surface area contributed by atoms with E-state index in [1.165, 1.54) is 0 Å². The highest BCUT2D eigenvalue weighted by Gasteiger charge is 2.11. The molecular weight excluding hydrogens is 272 g/mol. The summed E-state index contributed by atoms with van der Waals surface area (Å²) in [7, 11) is 0. The lowest BCUT2D eigenvalue weighted by atomic mass is 10.3. The van der Waals surface area contributed by atoms with Gasteiger partial charge in [-0.05, 0) is 29.8 Å². The van der Waals surface area contributed by atoms with E-state index in [-0.39, 0.29) is 0 Å². The molecule has 0 bridgehead atoms. The van der Waals surface area contributed by atoms with E-state index < -0.39 is 0 Å². The highest BCUT2D eigenvalue weighted by atomic mass is 79.9. The zero-order valence-corrected chi connectivity index (χ0v) is 10.8. The maximum absolute atomic E-state index is 5.46. The van der Waals surface area contributed by atoms with Gasteiger partial charge in [0.05, 0.1) is 21.6 Å². The van der Waals surface area contributed by atoms with Crippen LogP contribution in [0.25, 0.3) is 0 Å². The molecule has 0 aliphatic rings. The lowest BCUT2D eigenvalue weighted by molar-refractivity contribution is 0.365. The van der Waals surface area contributed by atoms with Gasteiger partial charge in [0, 0.05) is 12.6 Å². The smallest absolute Gasteiger partial charge is 0.158 e. The summed E-state index contributed by atoms with van der Waals surface area (Å²) in [4.78, 5) is 0. The van der Waals surface area contributed by atoms with Crippen LogP contribution in [0.1, 0.15) is 22.8 Å². The van der Waals surface area contributed by atoms with E-state index in [2.05, 4.69) is 26.2 Å². The molecule has 0 aliphatic carbocycles. The fourth-order valence-corrected chi connectivity index (χ4v) is 1.79. The molecule has 0 atom stereocenters. The van der Waals surface area contributed by atoms with Crippen LogP contribution in [0.5, 0.6) is 0 Å². The van der Waals surface area contributed by atoms with Gasteiger partial charge in [0.15, 0.2) is 5.76 Å². The van der Waals surface area contributed by atoms with Gasteiger partial charge in [0.2, 0.25) is 0 Å². The SMILES string of the molecule is Cc1nn(Cc2cc(CN)no2)c(C)c1Br. The normalized spacial score (nSPS) is 11.0. The van der Waals surface area contributed by atoms with Crippen LogP contribution >= 0.6 is 15.9 Å². The quantitative estimate of drug-likeness (QED) is 0.932. The summed E-state index contributed by atoms with van der Waals surface area (Å²) in [5, 5.41) is 8.23. The minimum absolute atomic E-state index is 0.393. The van der Waals surface area contributed by atoms with E-state index in [1.807, 2.05) is 24.6 Å². The van der Waals surface area contributed by atoms with Crippen LogP contribution in [0, 0.1) is 13.8 Å². The minimum atomic E-state index is 0.393. The van der Waals surface area contributed by atoms with Crippen LogP contribution < -0.4 is 5.73 Å². The maximum Gasteiger partial charge on any atom is 0.158 e. The Hall–Kier alpha value is -1.14. The van der Waals surface area contributed by atoms with Gasteiger partial charge in [-0.3, -0.25) is 4.68 Å². The standard InChI is InChI=1S/C10H13BrN4O/c1-6-10(11)7(2)15(13-6)5-9-3-8(4-12)14-16-9/h3H,4-5,12H2,1-2H3. The lowest BCUT2D eigenvalue weighted by Gasteiger charge is -1.99. The molecule has 0 saturated carbocycles. The van der Waals surface area contributed by atoms with E-state index in [0.717, 1.165) is 27.3 Å². The van der Waals surface area contributed by atoms with Crippen molar-refractivity contribution in [1.82, 2.24) is 14.9 Å². The van der Waals surface area contributed by atoms with E-state index >= 15 is 0 Å². The van der Waals surface area contributed by atoms with E-state index in [1.54, 1.807) is 0 Å². The van der Waals surface area contributed by atoms with Gasteiger partial charge in [-0.2, -0.15) is 5.10 Å². The molecule has 0 aliphatic heterocycles. The molecule has 2 aromatic rings. The summed E-state index contributed by atoms with van der Waals surface area (Å²) in [6, 6.07) is 1.85. The molecule has 86 valence electrons. The predicted octanol–water partition coefficient (Wildman–Crippen LogP) is 1.76. The summed E-state index contributed by atoms with van der Waals surface area (Å²) >= 11 is 3.48. The van der Waals surface area contributed by atoms with Gasteiger partial charge in [0.1, 0.15) is 6.54 Å². The fourth-order valence-electron chi connectivity index (χ4n) is 1.50. The first-order valence-corrected chi connectivity index (χ1v) is 5.75. The van der Waals surface area contributed by atoms with Crippen molar-refractivity contribution in [3.05, 3.63) is 33.4 Å². The van der Waals surface area contributed by atoms with Crippen molar-refractivity contribution in [1.29, 1.82) is 0 Å². The third-order valence-corrected chi connectivity index (χ3v) is 3.56. The molecule has 16 heavy (non-hydrogen) atoms. The minimum Gasteiger partial charge on any atom is -0.359 e. The Labute approximate surface area is 102 Å². The molecule has 0 radical (unpaired) electrons. The molecule has 6 heteroatoms. The molecule has 0 saturated heterocycles. The first-order chi connectivity index (χ1) is 7.61. The van der Waals surface area contributed by atoms with Crippen LogP contribution in [0.4, 0.5) is 0 Å². The Morgan fingerprint density at radius 3 is 2.75 bits per heavy atom. The summed E-state index contributed by atoms with van der Waals surface area (Å²) in [6.45, 7) is 4.93. The monoisotopic (exact) mass is 284 g/mol. The molecule has 2 N–H and O–H groups in total. The van der Waals surface area contributed by atoms with Crippen molar-refractivity contribution in [2.24, 2.45) is 5.73 Å². The van der Waals surface area contributed by atoms with Gasteiger partial charge in [-0.25, -0.2) is 0 Å². The number of aryl methyl sites for hydroxylation is 1. The van der Waals surface area contributed by atoms with E-state index in [9.17, 15) is 0 Å². The predicted molar refractivity (Wildman–Crippen MR) is 62.9 cm³/mol. The molecule has 0 amide bonds. The highest BCUT2D eigenvalue weighted by Crippen LogP contribution is 2.20. The average molecular weight is 285 g/mol. The molecule has 5 nitrogen and oxygen atoms in total. The Bertz CT molecular complexity index is 503. The molecule has 0 fully saturated rings. The third-order valence-electron chi connectivity index (χ3n) is 2.42. The second-order valence-electron chi connectivity index (χ2n) is 3.63. The van der Waals surface area contributed by atoms with Gasteiger partial charge in [-0.1, -0.05) is 5.16 Å². The fraction of sp³-hybridized carbons (Fsp3) is 0.400. The van der Waals surface area contributed by atoms with E-state index in [0.29, 0.717) is 13.1 Å². The summed E-state index contributed by atoms with van der Waals surface area (Å²) < 4.78 is 8.07. The molecule has 0 aromatic carbocycles.